The first-order chi connectivity index (χ1) is 12.1. The molecule has 0 unspecified atom stereocenters. The minimum Gasteiger partial charge on any atom is -0.452 e. The van der Waals surface area contributed by atoms with Crippen molar-refractivity contribution in [1.82, 2.24) is 9.88 Å². The largest absolute Gasteiger partial charge is 0.452 e. The summed E-state index contributed by atoms with van der Waals surface area (Å²) in [5.41, 5.74) is 2.32. The second-order valence-electron chi connectivity index (χ2n) is 5.92. The highest BCUT2D eigenvalue weighted by molar-refractivity contribution is 6.04. The molecular weight excluding hydrogens is 316 g/mol. The van der Waals surface area contributed by atoms with E-state index in [0.717, 1.165) is 16.5 Å². The van der Waals surface area contributed by atoms with Gasteiger partial charge in [0.25, 0.3) is 5.91 Å². The molecule has 128 valence electrons. The number of likely N-dealkylation sites (N-methyl/N-ethyl adjacent to an activating group) is 1. The number of carbonyl (C=O) groups is 2. The summed E-state index contributed by atoms with van der Waals surface area (Å²) in [5.74, 6) is -0.754. The third-order valence-corrected chi connectivity index (χ3v) is 4.39. The molecule has 0 aliphatic rings. The first-order valence-corrected chi connectivity index (χ1v) is 8.12. The van der Waals surface area contributed by atoms with Gasteiger partial charge in [-0.1, -0.05) is 48.5 Å². The van der Waals surface area contributed by atoms with Gasteiger partial charge in [-0.3, -0.25) is 4.79 Å². The molecule has 1 N–H and O–H groups in total. The topological polar surface area (TPSA) is 62.4 Å². The number of hydrogen-bond donors (Lipinski definition) is 1. The van der Waals surface area contributed by atoms with E-state index in [-0.39, 0.29) is 18.6 Å². The van der Waals surface area contributed by atoms with Gasteiger partial charge in [0.1, 0.15) is 0 Å². The molecule has 3 rings (SSSR count). The lowest BCUT2D eigenvalue weighted by molar-refractivity contribution is -0.135. The lowest BCUT2D eigenvalue weighted by Crippen LogP contribution is -2.33. The molecule has 1 aromatic heterocycles. The molecule has 0 fully saturated rings. The van der Waals surface area contributed by atoms with E-state index >= 15 is 0 Å². The first kappa shape index (κ1) is 16.8. The molecule has 1 amide bonds. The van der Waals surface area contributed by atoms with Gasteiger partial charge in [-0.2, -0.15) is 0 Å². The average Bonchev–Trinajstić information content (AvgIpc) is 3.09. The Morgan fingerprint density at radius 3 is 2.52 bits per heavy atom. The molecule has 3 aromatic rings. The molecule has 0 aliphatic heterocycles. The van der Waals surface area contributed by atoms with E-state index < -0.39 is 5.97 Å². The number of nitrogens with one attached hydrogen (secondary N) is 1. The minimum absolute atomic E-state index is 0.0968. The maximum Gasteiger partial charge on any atom is 0.340 e. The Kier molecular flexibility index (Phi) is 4.84. The van der Waals surface area contributed by atoms with Crippen molar-refractivity contribution < 1.29 is 14.3 Å². The molecule has 1 atom stereocenters. The summed E-state index contributed by atoms with van der Waals surface area (Å²) < 4.78 is 5.21. The van der Waals surface area contributed by atoms with Gasteiger partial charge in [-0.25, -0.2) is 4.79 Å². The van der Waals surface area contributed by atoms with Gasteiger partial charge in [0.2, 0.25) is 0 Å². The fraction of sp³-hybridized carbons (Fsp3) is 0.200. The number of aromatic amines is 1. The molecule has 25 heavy (non-hydrogen) atoms. The summed E-state index contributed by atoms with van der Waals surface area (Å²) in [7, 11) is 1.71. The fourth-order valence-corrected chi connectivity index (χ4v) is 2.72. The van der Waals surface area contributed by atoms with E-state index in [0.29, 0.717) is 5.56 Å². The summed E-state index contributed by atoms with van der Waals surface area (Å²) >= 11 is 0. The molecule has 0 aliphatic carbocycles. The lowest BCUT2D eigenvalue weighted by Gasteiger charge is -2.25. The standard InChI is InChI=1S/C20H20N2O3/c1-14(15-8-4-3-5-9-15)22(2)19(23)13-25-20(24)17-12-21-18-11-7-6-10-16(17)18/h3-12,14,21H,13H2,1-2H3/t14-/m0/s1. The quantitative estimate of drug-likeness (QED) is 0.725. The van der Waals surface area contributed by atoms with E-state index in [4.69, 9.17) is 4.74 Å². The smallest absolute Gasteiger partial charge is 0.340 e. The Morgan fingerprint density at radius 2 is 1.76 bits per heavy atom. The number of H-pyrrole nitrogens is 1. The van der Waals surface area contributed by atoms with E-state index in [1.165, 1.54) is 0 Å². The lowest BCUT2D eigenvalue weighted by atomic mass is 10.1. The molecule has 0 saturated carbocycles. The Labute approximate surface area is 146 Å². The highest BCUT2D eigenvalue weighted by Crippen LogP contribution is 2.20. The van der Waals surface area contributed by atoms with Gasteiger partial charge in [-0.05, 0) is 18.6 Å². The third kappa shape index (κ3) is 3.55. The van der Waals surface area contributed by atoms with Crippen LogP contribution in [0.2, 0.25) is 0 Å². The monoisotopic (exact) mass is 336 g/mol. The normalized spacial score (nSPS) is 11.9. The molecule has 0 spiro atoms. The Hall–Kier alpha value is -3.08. The molecular formula is C20H20N2O3. The van der Waals surface area contributed by atoms with Gasteiger partial charge in [-0.15, -0.1) is 0 Å². The zero-order valence-corrected chi connectivity index (χ0v) is 14.2. The zero-order chi connectivity index (χ0) is 17.8. The van der Waals surface area contributed by atoms with Crippen LogP contribution in [0.15, 0.2) is 60.8 Å². The van der Waals surface area contributed by atoms with Crippen molar-refractivity contribution in [3.63, 3.8) is 0 Å². The first-order valence-electron chi connectivity index (χ1n) is 8.12. The number of hydrogen-bond acceptors (Lipinski definition) is 3. The summed E-state index contributed by atoms with van der Waals surface area (Å²) in [6, 6.07) is 17.1. The fourth-order valence-electron chi connectivity index (χ4n) is 2.72. The van der Waals surface area contributed by atoms with Crippen LogP contribution in [0.4, 0.5) is 0 Å². The zero-order valence-electron chi connectivity index (χ0n) is 14.2. The van der Waals surface area contributed by atoms with E-state index in [2.05, 4.69) is 4.98 Å². The second-order valence-corrected chi connectivity index (χ2v) is 5.92. The number of amides is 1. The Morgan fingerprint density at radius 1 is 1.08 bits per heavy atom. The van der Waals surface area contributed by atoms with Crippen LogP contribution in [-0.2, 0) is 9.53 Å². The maximum absolute atomic E-state index is 12.3. The van der Waals surface area contributed by atoms with Crippen LogP contribution in [0.3, 0.4) is 0 Å². The van der Waals surface area contributed by atoms with Crippen LogP contribution in [0, 0.1) is 0 Å². The Bertz CT molecular complexity index is 886. The van der Waals surface area contributed by atoms with Gasteiger partial charge < -0.3 is 14.6 Å². The molecule has 5 heteroatoms. The number of carbonyl (C=O) groups excluding carboxylic acids is 2. The van der Waals surface area contributed by atoms with Gasteiger partial charge >= 0.3 is 5.97 Å². The predicted molar refractivity (Wildman–Crippen MR) is 96.2 cm³/mol. The van der Waals surface area contributed by atoms with Crippen molar-refractivity contribution in [3.05, 3.63) is 71.9 Å². The number of benzene rings is 2. The minimum atomic E-state index is -0.508. The van der Waals surface area contributed by atoms with E-state index in [9.17, 15) is 9.59 Å². The number of esters is 1. The SMILES string of the molecule is C[C@@H](c1ccccc1)N(C)C(=O)COC(=O)c1c[nH]c2ccccc12. The van der Waals surface area contributed by atoms with Crippen molar-refractivity contribution >= 4 is 22.8 Å². The van der Waals surface area contributed by atoms with E-state index in [1.54, 1.807) is 18.1 Å². The number of rotatable bonds is 5. The molecule has 2 aromatic carbocycles. The summed E-state index contributed by atoms with van der Waals surface area (Å²) in [6.45, 7) is 1.65. The Balaban J connectivity index is 1.62. The van der Waals surface area contributed by atoms with Crippen LogP contribution < -0.4 is 0 Å². The van der Waals surface area contributed by atoms with Crippen molar-refractivity contribution in [1.29, 1.82) is 0 Å². The van der Waals surface area contributed by atoms with Crippen LogP contribution in [-0.4, -0.2) is 35.4 Å². The van der Waals surface area contributed by atoms with Crippen LogP contribution in [0.5, 0.6) is 0 Å². The van der Waals surface area contributed by atoms with Crippen LogP contribution in [0.1, 0.15) is 28.9 Å². The van der Waals surface area contributed by atoms with Crippen LogP contribution >= 0.6 is 0 Å². The molecule has 0 radical (unpaired) electrons. The molecule has 5 nitrogen and oxygen atoms in total. The summed E-state index contributed by atoms with van der Waals surface area (Å²) in [5, 5.41) is 0.783. The van der Waals surface area contributed by atoms with Crippen molar-refractivity contribution in [2.75, 3.05) is 13.7 Å². The summed E-state index contributed by atoms with van der Waals surface area (Å²) in [4.78, 5) is 29.2. The van der Waals surface area contributed by atoms with Crippen molar-refractivity contribution in [3.8, 4) is 0 Å². The molecule has 0 saturated heterocycles. The second kappa shape index (κ2) is 7.21. The molecule has 1 heterocycles. The number of para-hydroxylation sites is 1. The van der Waals surface area contributed by atoms with Crippen molar-refractivity contribution in [2.24, 2.45) is 0 Å². The van der Waals surface area contributed by atoms with Gasteiger partial charge in [0, 0.05) is 24.1 Å². The summed E-state index contributed by atoms with van der Waals surface area (Å²) in [6.07, 6.45) is 1.60. The highest BCUT2D eigenvalue weighted by Gasteiger charge is 2.20. The number of nitrogens with zero attached hydrogens (tertiary/aromatic N) is 1. The number of fused-ring (bicyclic) bond motifs is 1. The maximum atomic E-state index is 12.3. The number of ether oxygens (including phenoxy) is 1. The van der Waals surface area contributed by atoms with Gasteiger partial charge in [0.15, 0.2) is 6.61 Å². The highest BCUT2D eigenvalue weighted by atomic mass is 16.5. The number of aromatic nitrogens is 1. The van der Waals surface area contributed by atoms with E-state index in [1.807, 2.05) is 61.5 Å². The van der Waals surface area contributed by atoms with Gasteiger partial charge in [0.05, 0.1) is 11.6 Å². The van der Waals surface area contributed by atoms with Crippen molar-refractivity contribution in [2.45, 2.75) is 13.0 Å². The van der Waals surface area contributed by atoms with Crippen LogP contribution in [0.25, 0.3) is 10.9 Å². The predicted octanol–water partition coefficient (Wildman–Crippen LogP) is 3.54. The third-order valence-electron chi connectivity index (χ3n) is 4.39. The molecule has 0 bridgehead atoms. The average molecular weight is 336 g/mol.